The zero-order valence-corrected chi connectivity index (χ0v) is 13.4. The number of carbonyl (C=O) groups excluding carboxylic acids is 1. The Bertz CT molecular complexity index is 855. The Hall–Kier alpha value is -3.36. The van der Waals surface area contributed by atoms with Gasteiger partial charge in [0.2, 0.25) is 5.82 Å². The maximum atomic E-state index is 13.4. The van der Waals surface area contributed by atoms with Gasteiger partial charge in [-0.25, -0.2) is 0 Å². The van der Waals surface area contributed by atoms with E-state index in [1.165, 1.54) is 30.1 Å². The first-order valence-corrected chi connectivity index (χ1v) is 7.18. The largest absolute Gasteiger partial charge is 0.335 e. The molecule has 130 valence electrons. The van der Waals surface area contributed by atoms with E-state index in [4.69, 9.17) is 0 Å². The van der Waals surface area contributed by atoms with Crippen LogP contribution in [0.1, 0.15) is 28.9 Å². The van der Waals surface area contributed by atoms with E-state index in [2.05, 4.69) is 0 Å². The zero-order chi connectivity index (χ0) is 18.7. The third-order valence-electron chi connectivity index (χ3n) is 3.85. The quantitative estimate of drug-likeness (QED) is 0.608. The second-order valence-electron chi connectivity index (χ2n) is 5.37. The number of benzene rings is 2. The number of nitro groups is 2. The molecule has 0 bridgehead atoms. The highest BCUT2D eigenvalue weighted by Gasteiger charge is 2.23. The molecule has 1 atom stereocenters. The van der Waals surface area contributed by atoms with E-state index in [0.29, 0.717) is 5.56 Å². The Kier molecular flexibility index (Phi) is 5.06. The molecule has 0 fully saturated rings. The number of non-ortho nitro benzene ring substituents is 1. The van der Waals surface area contributed by atoms with E-state index in [1.807, 2.05) is 0 Å². The molecule has 0 saturated carbocycles. The molecule has 0 unspecified atom stereocenters. The van der Waals surface area contributed by atoms with Crippen molar-refractivity contribution in [1.82, 2.24) is 4.90 Å². The fourth-order valence-electron chi connectivity index (χ4n) is 2.29. The molecule has 0 aromatic heterocycles. The monoisotopic (exact) mass is 347 g/mol. The van der Waals surface area contributed by atoms with Gasteiger partial charge in [-0.3, -0.25) is 25.0 Å². The molecule has 25 heavy (non-hydrogen) atoms. The van der Waals surface area contributed by atoms with Gasteiger partial charge in [0.05, 0.1) is 15.9 Å². The Morgan fingerprint density at radius 1 is 1.12 bits per heavy atom. The van der Waals surface area contributed by atoms with Gasteiger partial charge in [0.1, 0.15) is 0 Å². The highest BCUT2D eigenvalue weighted by Crippen LogP contribution is 2.26. The number of amides is 1. The van der Waals surface area contributed by atoms with Gasteiger partial charge in [0.15, 0.2) is 0 Å². The van der Waals surface area contributed by atoms with Crippen molar-refractivity contribution in [2.24, 2.45) is 0 Å². The Labute approximate surface area is 141 Å². The lowest BCUT2D eigenvalue weighted by Crippen LogP contribution is -2.29. The number of nitrogens with zero attached hydrogens (tertiary/aromatic N) is 3. The Morgan fingerprint density at radius 2 is 1.80 bits per heavy atom. The molecule has 8 nitrogen and oxygen atoms in total. The number of carbonyl (C=O) groups is 1. The van der Waals surface area contributed by atoms with Gasteiger partial charge in [-0.15, -0.1) is 0 Å². The summed E-state index contributed by atoms with van der Waals surface area (Å²) in [5.41, 5.74) is -0.417. The lowest BCUT2D eigenvalue weighted by atomic mass is 10.1. The average molecular weight is 347 g/mol. The van der Waals surface area contributed by atoms with Gasteiger partial charge in [0.25, 0.3) is 11.6 Å². The van der Waals surface area contributed by atoms with Crippen molar-refractivity contribution in [3.63, 3.8) is 0 Å². The van der Waals surface area contributed by atoms with E-state index in [9.17, 15) is 29.4 Å². The summed E-state index contributed by atoms with van der Waals surface area (Å²) in [6, 6.07) is 8.17. The highest BCUT2D eigenvalue weighted by atomic mass is 19.1. The van der Waals surface area contributed by atoms with Gasteiger partial charge in [-0.2, -0.15) is 4.39 Å². The van der Waals surface area contributed by atoms with Crippen LogP contribution in [0.3, 0.4) is 0 Å². The molecule has 0 heterocycles. The molecule has 0 saturated heterocycles. The highest BCUT2D eigenvalue weighted by molar-refractivity contribution is 5.95. The van der Waals surface area contributed by atoms with Crippen molar-refractivity contribution in [3.8, 4) is 0 Å². The summed E-state index contributed by atoms with van der Waals surface area (Å²) in [4.78, 5) is 34.0. The molecular weight excluding hydrogens is 333 g/mol. The summed E-state index contributed by atoms with van der Waals surface area (Å²) in [5.74, 6) is -1.60. The van der Waals surface area contributed by atoms with Gasteiger partial charge in [0, 0.05) is 30.8 Å². The Morgan fingerprint density at radius 3 is 2.40 bits per heavy atom. The van der Waals surface area contributed by atoms with Crippen LogP contribution in [0, 0.1) is 26.0 Å². The lowest BCUT2D eigenvalue weighted by Gasteiger charge is -2.25. The van der Waals surface area contributed by atoms with E-state index in [1.54, 1.807) is 13.0 Å². The molecule has 2 aromatic carbocycles. The SMILES string of the molecule is C[C@H](c1cccc([N+](=O)[O-])c1)N(C)C(=O)c1ccc(F)c([N+](=O)[O-])c1. The Balaban J connectivity index is 2.30. The molecule has 0 aliphatic rings. The standard InChI is InChI=1S/C16H14FN3O5/c1-10(11-4-3-5-13(8-11)19(22)23)18(2)16(21)12-6-7-14(17)15(9-12)20(24)25/h3-10H,1-2H3/t10-/m1/s1. The van der Waals surface area contributed by atoms with Crippen LogP contribution in [0.5, 0.6) is 0 Å². The van der Waals surface area contributed by atoms with Crippen LogP contribution in [0.2, 0.25) is 0 Å². The first kappa shape index (κ1) is 18.0. The number of rotatable bonds is 5. The fraction of sp³-hybridized carbons (Fsp3) is 0.188. The van der Waals surface area contributed by atoms with Gasteiger partial charge < -0.3 is 4.90 Å². The minimum atomic E-state index is -1.03. The molecule has 2 rings (SSSR count). The second-order valence-corrected chi connectivity index (χ2v) is 5.37. The van der Waals surface area contributed by atoms with Crippen molar-refractivity contribution in [2.75, 3.05) is 7.05 Å². The van der Waals surface area contributed by atoms with Crippen LogP contribution in [0.4, 0.5) is 15.8 Å². The number of hydrogen-bond donors (Lipinski definition) is 0. The normalized spacial score (nSPS) is 11.6. The van der Waals surface area contributed by atoms with Crippen LogP contribution in [-0.4, -0.2) is 27.7 Å². The molecule has 0 aliphatic carbocycles. The summed E-state index contributed by atoms with van der Waals surface area (Å²) in [7, 11) is 1.46. The molecule has 9 heteroatoms. The van der Waals surface area contributed by atoms with E-state index < -0.39 is 33.3 Å². The number of hydrogen-bond acceptors (Lipinski definition) is 5. The van der Waals surface area contributed by atoms with Crippen LogP contribution in [-0.2, 0) is 0 Å². The van der Waals surface area contributed by atoms with Crippen LogP contribution >= 0.6 is 0 Å². The van der Waals surface area contributed by atoms with Crippen LogP contribution < -0.4 is 0 Å². The van der Waals surface area contributed by atoms with Gasteiger partial charge in [-0.1, -0.05) is 12.1 Å². The predicted octanol–water partition coefficient (Wildman–Crippen LogP) is 3.48. The van der Waals surface area contributed by atoms with Crippen molar-refractivity contribution in [3.05, 3.63) is 79.6 Å². The third kappa shape index (κ3) is 3.77. The third-order valence-corrected chi connectivity index (χ3v) is 3.85. The molecular formula is C16H14FN3O5. The van der Waals surface area contributed by atoms with Gasteiger partial charge >= 0.3 is 5.69 Å². The van der Waals surface area contributed by atoms with Crippen molar-refractivity contribution >= 4 is 17.3 Å². The molecule has 0 radical (unpaired) electrons. The topological polar surface area (TPSA) is 107 Å². The smallest absolute Gasteiger partial charge is 0.305 e. The summed E-state index contributed by atoms with van der Waals surface area (Å²) in [6.07, 6.45) is 0. The molecule has 2 aromatic rings. The molecule has 1 amide bonds. The lowest BCUT2D eigenvalue weighted by molar-refractivity contribution is -0.387. The summed E-state index contributed by atoms with van der Waals surface area (Å²) < 4.78 is 13.4. The van der Waals surface area contributed by atoms with E-state index in [-0.39, 0.29) is 11.3 Å². The molecule has 0 N–H and O–H groups in total. The maximum Gasteiger partial charge on any atom is 0.305 e. The van der Waals surface area contributed by atoms with E-state index >= 15 is 0 Å². The predicted molar refractivity (Wildman–Crippen MR) is 86.7 cm³/mol. The average Bonchev–Trinajstić information content (AvgIpc) is 2.60. The van der Waals surface area contributed by atoms with Crippen LogP contribution in [0.15, 0.2) is 42.5 Å². The van der Waals surface area contributed by atoms with Crippen LogP contribution in [0.25, 0.3) is 0 Å². The minimum Gasteiger partial charge on any atom is -0.335 e. The molecule has 0 aliphatic heterocycles. The van der Waals surface area contributed by atoms with Crippen molar-refractivity contribution in [1.29, 1.82) is 0 Å². The maximum absolute atomic E-state index is 13.4. The van der Waals surface area contributed by atoms with Gasteiger partial charge in [-0.05, 0) is 24.6 Å². The van der Waals surface area contributed by atoms with Crippen molar-refractivity contribution < 1.29 is 19.0 Å². The van der Waals surface area contributed by atoms with Crippen molar-refractivity contribution in [2.45, 2.75) is 13.0 Å². The first-order chi connectivity index (χ1) is 11.7. The number of nitro benzene ring substituents is 2. The summed E-state index contributed by atoms with van der Waals surface area (Å²) in [6.45, 7) is 1.66. The zero-order valence-electron chi connectivity index (χ0n) is 13.4. The van der Waals surface area contributed by atoms with E-state index in [0.717, 1.165) is 18.2 Å². The number of halogens is 1. The first-order valence-electron chi connectivity index (χ1n) is 7.18. The summed E-state index contributed by atoms with van der Waals surface area (Å²) in [5, 5.41) is 21.7. The summed E-state index contributed by atoms with van der Waals surface area (Å²) >= 11 is 0. The fourth-order valence-corrected chi connectivity index (χ4v) is 2.29. The minimum absolute atomic E-state index is 0.0483. The second kappa shape index (κ2) is 7.04. The molecule has 0 spiro atoms.